The number of thiazole rings is 1. The predicted molar refractivity (Wildman–Crippen MR) is 126 cm³/mol. The molecular formula is C21H24N4O3S3. The Balaban J connectivity index is 1.44. The molecule has 31 heavy (non-hydrogen) atoms. The Labute approximate surface area is 190 Å². The zero-order valence-corrected chi connectivity index (χ0v) is 19.6. The average molecular weight is 477 g/mol. The zero-order valence-electron chi connectivity index (χ0n) is 17.1. The number of amides is 1. The van der Waals surface area contributed by atoms with E-state index in [9.17, 15) is 13.2 Å². The summed E-state index contributed by atoms with van der Waals surface area (Å²) >= 11 is 2.44. The number of anilines is 2. The Bertz CT molecular complexity index is 1150. The highest BCUT2D eigenvalue weighted by Crippen LogP contribution is 2.27. The highest BCUT2D eigenvalue weighted by Gasteiger charge is 2.25. The lowest BCUT2D eigenvalue weighted by molar-refractivity contribution is 0.102. The molecule has 7 nitrogen and oxygen atoms in total. The Morgan fingerprint density at radius 3 is 2.58 bits per heavy atom. The van der Waals surface area contributed by atoms with Crippen LogP contribution in [0.3, 0.4) is 0 Å². The van der Waals surface area contributed by atoms with Crippen molar-refractivity contribution in [2.24, 2.45) is 0 Å². The number of carbonyl (C=O) groups is 1. The molecule has 0 unspecified atom stereocenters. The lowest BCUT2D eigenvalue weighted by Gasteiger charge is -2.25. The maximum absolute atomic E-state index is 12.8. The number of rotatable bonds is 7. The van der Waals surface area contributed by atoms with Gasteiger partial charge in [-0.1, -0.05) is 24.1 Å². The number of nitrogens with one attached hydrogen (secondary N) is 2. The minimum Gasteiger partial charge on any atom is -0.297 e. The summed E-state index contributed by atoms with van der Waals surface area (Å²) in [5, 5.41) is 6.77. The fourth-order valence-electron chi connectivity index (χ4n) is 3.44. The van der Waals surface area contributed by atoms with Crippen molar-refractivity contribution in [3.8, 4) is 0 Å². The molecule has 4 rings (SSSR count). The van der Waals surface area contributed by atoms with E-state index in [1.165, 1.54) is 36.7 Å². The fraction of sp³-hybridized carbons (Fsp3) is 0.333. The van der Waals surface area contributed by atoms with Crippen molar-refractivity contribution in [3.63, 3.8) is 0 Å². The quantitative estimate of drug-likeness (QED) is 0.522. The van der Waals surface area contributed by atoms with Crippen molar-refractivity contribution >= 4 is 49.4 Å². The van der Waals surface area contributed by atoms with Gasteiger partial charge in [-0.25, -0.2) is 13.4 Å². The molecule has 0 saturated carbocycles. The SMILES string of the molecule is Cc1ccc(NS(=O)(=O)c2ccsc2C(=O)Nc2nc(CN3CCCCC3)cs2)cc1. The molecule has 1 aliphatic heterocycles. The van der Waals surface area contributed by atoms with E-state index < -0.39 is 15.9 Å². The van der Waals surface area contributed by atoms with E-state index in [2.05, 4.69) is 19.9 Å². The summed E-state index contributed by atoms with van der Waals surface area (Å²) in [5.41, 5.74) is 2.40. The molecule has 3 heterocycles. The van der Waals surface area contributed by atoms with Crippen LogP contribution >= 0.6 is 22.7 Å². The van der Waals surface area contributed by atoms with Gasteiger partial charge in [0.05, 0.1) is 5.69 Å². The molecule has 1 amide bonds. The summed E-state index contributed by atoms with van der Waals surface area (Å²) < 4.78 is 28.2. The molecule has 0 radical (unpaired) electrons. The second kappa shape index (κ2) is 9.47. The maximum atomic E-state index is 12.8. The lowest BCUT2D eigenvalue weighted by Crippen LogP contribution is -2.29. The minimum atomic E-state index is -3.89. The fourth-order valence-corrected chi connectivity index (χ4v) is 6.52. The Hall–Kier alpha value is -2.27. The van der Waals surface area contributed by atoms with E-state index >= 15 is 0 Å². The molecule has 1 saturated heterocycles. The highest BCUT2D eigenvalue weighted by atomic mass is 32.2. The molecule has 2 aromatic heterocycles. The van der Waals surface area contributed by atoms with Crippen LogP contribution in [0.25, 0.3) is 0 Å². The van der Waals surface area contributed by atoms with Crippen LogP contribution in [0.1, 0.15) is 40.2 Å². The highest BCUT2D eigenvalue weighted by molar-refractivity contribution is 7.93. The van der Waals surface area contributed by atoms with Crippen molar-refractivity contribution in [3.05, 3.63) is 57.2 Å². The summed E-state index contributed by atoms with van der Waals surface area (Å²) in [6, 6.07) is 8.47. The van der Waals surface area contributed by atoms with Gasteiger partial charge in [-0.15, -0.1) is 22.7 Å². The normalized spacial score (nSPS) is 15.0. The van der Waals surface area contributed by atoms with Crippen molar-refractivity contribution in [2.45, 2.75) is 37.6 Å². The summed E-state index contributed by atoms with van der Waals surface area (Å²) in [5.74, 6) is -0.474. The summed E-state index contributed by atoms with van der Waals surface area (Å²) in [4.78, 5) is 19.8. The summed E-state index contributed by atoms with van der Waals surface area (Å²) in [7, 11) is -3.89. The van der Waals surface area contributed by atoms with Crippen LogP contribution < -0.4 is 10.0 Å². The van der Waals surface area contributed by atoms with Gasteiger partial charge < -0.3 is 0 Å². The number of thiophene rings is 1. The van der Waals surface area contributed by atoms with Crippen LogP contribution in [0, 0.1) is 6.92 Å². The molecule has 10 heteroatoms. The van der Waals surface area contributed by atoms with Crippen molar-refractivity contribution in [1.29, 1.82) is 0 Å². The van der Waals surface area contributed by atoms with Gasteiger partial charge in [-0.3, -0.25) is 19.7 Å². The topological polar surface area (TPSA) is 91.4 Å². The molecule has 2 N–H and O–H groups in total. The molecule has 0 aliphatic carbocycles. The van der Waals surface area contributed by atoms with Gasteiger partial charge in [-0.2, -0.15) is 0 Å². The number of nitrogens with zero attached hydrogens (tertiary/aromatic N) is 2. The number of sulfonamides is 1. The van der Waals surface area contributed by atoms with Crippen molar-refractivity contribution in [1.82, 2.24) is 9.88 Å². The first-order chi connectivity index (χ1) is 14.9. The van der Waals surface area contributed by atoms with Gasteiger partial charge in [-0.05, 0) is 56.4 Å². The molecular weight excluding hydrogens is 452 g/mol. The Morgan fingerprint density at radius 2 is 1.84 bits per heavy atom. The van der Waals surface area contributed by atoms with Gasteiger partial charge in [0.25, 0.3) is 15.9 Å². The molecule has 164 valence electrons. The number of benzene rings is 1. The standard InChI is InChI=1S/C21H24N4O3S3/c1-15-5-7-16(8-6-15)24-31(27,28)18-9-12-29-19(18)20(26)23-21-22-17(14-30-21)13-25-10-3-2-4-11-25/h5-9,12,14,24H,2-4,10-11,13H2,1H3,(H,22,23,26). The van der Waals surface area contributed by atoms with Crippen LogP contribution in [0.2, 0.25) is 0 Å². The third-order valence-corrected chi connectivity index (χ3v) is 8.31. The molecule has 1 fully saturated rings. The monoisotopic (exact) mass is 476 g/mol. The van der Waals surface area contributed by atoms with Crippen LogP contribution in [0.4, 0.5) is 10.8 Å². The first kappa shape index (κ1) is 21.9. The van der Waals surface area contributed by atoms with Gasteiger partial charge >= 0.3 is 0 Å². The second-order valence-electron chi connectivity index (χ2n) is 7.52. The van der Waals surface area contributed by atoms with Gasteiger partial charge in [0.1, 0.15) is 9.77 Å². The first-order valence-electron chi connectivity index (χ1n) is 10.1. The van der Waals surface area contributed by atoms with E-state index in [0.29, 0.717) is 10.8 Å². The van der Waals surface area contributed by atoms with E-state index in [1.54, 1.807) is 17.5 Å². The van der Waals surface area contributed by atoms with Gasteiger partial charge in [0, 0.05) is 17.6 Å². The Morgan fingerprint density at radius 1 is 1.10 bits per heavy atom. The zero-order chi connectivity index (χ0) is 21.8. The van der Waals surface area contributed by atoms with Crippen LogP contribution in [-0.4, -0.2) is 37.3 Å². The maximum Gasteiger partial charge on any atom is 0.268 e. The molecule has 1 aliphatic rings. The number of carbonyl (C=O) groups excluding carboxylic acids is 1. The number of piperidine rings is 1. The van der Waals surface area contributed by atoms with Crippen molar-refractivity contribution in [2.75, 3.05) is 23.1 Å². The number of hydrogen-bond acceptors (Lipinski definition) is 7. The van der Waals surface area contributed by atoms with Crippen LogP contribution in [0.15, 0.2) is 46.0 Å². The van der Waals surface area contributed by atoms with E-state index in [-0.39, 0.29) is 9.77 Å². The smallest absolute Gasteiger partial charge is 0.268 e. The van der Waals surface area contributed by atoms with Gasteiger partial charge in [0.2, 0.25) is 0 Å². The van der Waals surface area contributed by atoms with E-state index in [1.807, 2.05) is 24.4 Å². The lowest BCUT2D eigenvalue weighted by atomic mass is 10.1. The number of hydrogen-bond donors (Lipinski definition) is 2. The third kappa shape index (κ3) is 5.51. The minimum absolute atomic E-state index is 0.0410. The molecule has 0 bridgehead atoms. The summed E-state index contributed by atoms with van der Waals surface area (Å²) in [6.45, 7) is 4.84. The van der Waals surface area contributed by atoms with Crippen LogP contribution in [-0.2, 0) is 16.6 Å². The first-order valence-corrected chi connectivity index (χ1v) is 13.3. The second-order valence-corrected chi connectivity index (χ2v) is 10.9. The van der Waals surface area contributed by atoms with E-state index in [4.69, 9.17) is 0 Å². The molecule has 3 aromatic rings. The molecule has 0 atom stereocenters. The van der Waals surface area contributed by atoms with E-state index in [0.717, 1.165) is 42.2 Å². The Kier molecular flexibility index (Phi) is 6.71. The third-order valence-electron chi connectivity index (χ3n) is 5.04. The average Bonchev–Trinajstić information content (AvgIpc) is 3.41. The van der Waals surface area contributed by atoms with Gasteiger partial charge in [0.15, 0.2) is 5.13 Å². The number of aryl methyl sites for hydroxylation is 1. The predicted octanol–water partition coefficient (Wildman–Crippen LogP) is 4.55. The largest absolute Gasteiger partial charge is 0.297 e. The molecule has 1 aromatic carbocycles. The number of likely N-dealkylation sites (tertiary alicyclic amines) is 1. The number of aromatic nitrogens is 1. The van der Waals surface area contributed by atoms with Crippen LogP contribution in [0.5, 0.6) is 0 Å². The van der Waals surface area contributed by atoms with Crippen molar-refractivity contribution < 1.29 is 13.2 Å². The summed E-state index contributed by atoms with van der Waals surface area (Å²) in [6.07, 6.45) is 3.69. The molecule has 0 spiro atoms.